The van der Waals surface area contributed by atoms with Gasteiger partial charge in [0.25, 0.3) is 0 Å². The fourth-order valence-electron chi connectivity index (χ4n) is 2.80. The summed E-state index contributed by atoms with van der Waals surface area (Å²) in [6, 6.07) is 6.68. The minimum atomic E-state index is -0.238. The van der Waals surface area contributed by atoms with Crippen LogP contribution in [0.5, 0.6) is 0 Å². The number of nitrogens with one attached hydrogen (secondary N) is 1. The second kappa shape index (κ2) is 9.25. The molecule has 1 aromatic rings. The van der Waals surface area contributed by atoms with E-state index < -0.39 is 0 Å². The summed E-state index contributed by atoms with van der Waals surface area (Å²) in [6.45, 7) is 6.78. The van der Waals surface area contributed by atoms with Crippen LogP contribution in [0, 0.1) is 11.7 Å². The largest absolute Gasteiger partial charge is 0.466 e. The quantitative estimate of drug-likeness (QED) is 0.510. The Balaban J connectivity index is 1.97. The van der Waals surface area contributed by atoms with Gasteiger partial charge in [-0.2, -0.15) is 0 Å². The number of guanidine groups is 1. The molecule has 0 unspecified atom stereocenters. The molecule has 0 atom stereocenters. The maximum absolute atomic E-state index is 13.7. The summed E-state index contributed by atoms with van der Waals surface area (Å²) >= 11 is 0. The molecule has 0 aromatic heterocycles. The zero-order valence-electron chi connectivity index (χ0n) is 14.4. The van der Waals surface area contributed by atoms with E-state index in [1.165, 1.54) is 6.07 Å². The van der Waals surface area contributed by atoms with E-state index in [0.717, 1.165) is 38.4 Å². The number of esters is 1. The van der Waals surface area contributed by atoms with Crippen LogP contribution >= 0.6 is 0 Å². The molecule has 1 saturated heterocycles. The summed E-state index contributed by atoms with van der Waals surface area (Å²) in [7, 11) is 0. The average molecular weight is 335 g/mol. The van der Waals surface area contributed by atoms with Crippen LogP contribution < -0.4 is 5.32 Å². The van der Waals surface area contributed by atoms with Crippen LogP contribution in [0.3, 0.4) is 0 Å². The standard InChI is InChI=1S/C18H26FN3O2/c1-3-20-18(21-13-15-7-5-6-8-16(15)19)22-11-9-14(10-12-22)17(23)24-4-2/h5-8,14H,3-4,9-13H2,1-2H3,(H,20,21). The highest BCUT2D eigenvalue weighted by molar-refractivity contribution is 5.80. The number of ether oxygens (including phenoxy) is 1. The molecule has 0 amide bonds. The Kier molecular flexibility index (Phi) is 7.03. The van der Waals surface area contributed by atoms with Gasteiger partial charge in [0.15, 0.2) is 5.96 Å². The third-order valence-electron chi connectivity index (χ3n) is 4.11. The number of rotatable bonds is 5. The molecule has 1 aromatic carbocycles. The molecule has 0 radical (unpaired) electrons. The average Bonchev–Trinajstić information content (AvgIpc) is 2.60. The van der Waals surface area contributed by atoms with E-state index >= 15 is 0 Å². The first-order chi connectivity index (χ1) is 11.7. The fourth-order valence-corrected chi connectivity index (χ4v) is 2.80. The van der Waals surface area contributed by atoms with E-state index in [1.807, 2.05) is 19.9 Å². The predicted octanol–water partition coefficient (Wildman–Crippen LogP) is 2.57. The zero-order chi connectivity index (χ0) is 17.4. The summed E-state index contributed by atoms with van der Waals surface area (Å²) in [6.07, 6.45) is 1.51. The number of nitrogens with zero attached hydrogens (tertiary/aromatic N) is 2. The monoisotopic (exact) mass is 335 g/mol. The van der Waals surface area contributed by atoms with Gasteiger partial charge in [-0.15, -0.1) is 0 Å². The number of halogens is 1. The third kappa shape index (κ3) is 4.94. The van der Waals surface area contributed by atoms with Gasteiger partial charge in [-0.3, -0.25) is 4.79 Å². The van der Waals surface area contributed by atoms with Crippen LogP contribution in [0.4, 0.5) is 4.39 Å². The fraction of sp³-hybridized carbons (Fsp3) is 0.556. The lowest BCUT2D eigenvalue weighted by molar-refractivity contribution is -0.149. The normalized spacial score (nSPS) is 16.1. The van der Waals surface area contributed by atoms with E-state index in [0.29, 0.717) is 18.7 Å². The maximum Gasteiger partial charge on any atom is 0.309 e. The topological polar surface area (TPSA) is 53.9 Å². The van der Waals surface area contributed by atoms with Crippen molar-refractivity contribution in [2.75, 3.05) is 26.2 Å². The highest BCUT2D eigenvalue weighted by Crippen LogP contribution is 2.19. The smallest absolute Gasteiger partial charge is 0.309 e. The maximum atomic E-state index is 13.7. The van der Waals surface area contributed by atoms with E-state index in [4.69, 9.17) is 4.74 Å². The van der Waals surface area contributed by atoms with E-state index in [2.05, 4.69) is 15.2 Å². The van der Waals surface area contributed by atoms with Gasteiger partial charge in [0.1, 0.15) is 5.82 Å². The van der Waals surface area contributed by atoms with Gasteiger partial charge < -0.3 is 15.0 Å². The Bertz CT molecular complexity index is 569. The molecule has 1 heterocycles. The molecule has 24 heavy (non-hydrogen) atoms. The minimum Gasteiger partial charge on any atom is -0.466 e. The molecular weight excluding hydrogens is 309 g/mol. The van der Waals surface area contributed by atoms with Crippen LogP contribution in [0.2, 0.25) is 0 Å². The number of benzene rings is 1. The number of hydrogen-bond acceptors (Lipinski definition) is 3. The Labute approximate surface area is 142 Å². The lowest BCUT2D eigenvalue weighted by Gasteiger charge is -2.33. The van der Waals surface area contributed by atoms with Crippen molar-refractivity contribution in [2.45, 2.75) is 33.2 Å². The van der Waals surface area contributed by atoms with Crippen LogP contribution in [0.15, 0.2) is 29.3 Å². The molecule has 0 bridgehead atoms. The van der Waals surface area contributed by atoms with Crippen LogP contribution in [0.1, 0.15) is 32.3 Å². The molecule has 1 aliphatic heterocycles. The SMILES string of the molecule is CCNC(=NCc1ccccc1F)N1CCC(C(=O)OCC)CC1. The van der Waals surface area contributed by atoms with Crippen molar-refractivity contribution in [2.24, 2.45) is 10.9 Å². The molecule has 0 spiro atoms. The molecule has 0 saturated carbocycles. The lowest BCUT2D eigenvalue weighted by atomic mass is 9.97. The molecule has 132 valence electrons. The summed E-state index contributed by atoms with van der Waals surface area (Å²) in [5, 5.41) is 3.25. The summed E-state index contributed by atoms with van der Waals surface area (Å²) < 4.78 is 18.8. The molecule has 1 aliphatic rings. The van der Waals surface area contributed by atoms with Gasteiger partial charge >= 0.3 is 5.97 Å². The molecule has 2 rings (SSSR count). The highest BCUT2D eigenvalue weighted by Gasteiger charge is 2.27. The molecule has 1 N–H and O–H groups in total. The minimum absolute atomic E-state index is 0.0318. The van der Waals surface area contributed by atoms with E-state index in [1.54, 1.807) is 12.1 Å². The molecular formula is C18H26FN3O2. The van der Waals surface area contributed by atoms with Gasteiger partial charge in [-0.1, -0.05) is 18.2 Å². The summed E-state index contributed by atoms with van der Waals surface area (Å²) in [5.41, 5.74) is 0.578. The molecule has 6 heteroatoms. The predicted molar refractivity (Wildman–Crippen MR) is 92.1 cm³/mol. The summed E-state index contributed by atoms with van der Waals surface area (Å²) in [5.74, 6) is 0.391. The Morgan fingerprint density at radius 1 is 1.33 bits per heavy atom. The van der Waals surface area contributed by atoms with Crippen molar-refractivity contribution in [1.29, 1.82) is 0 Å². The van der Waals surface area contributed by atoms with Crippen molar-refractivity contribution in [3.8, 4) is 0 Å². The Hall–Kier alpha value is -2.11. The van der Waals surface area contributed by atoms with Gasteiger partial charge in [-0.25, -0.2) is 9.38 Å². The molecule has 0 aliphatic carbocycles. The van der Waals surface area contributed by atoms with Crippen LogP contribution in [-0.4, -0.2) is 43.1 Å². The first-order valence-electron chi connectivity index (χ1n) is 8.59. The molecule has 1 fully saturated rings. The second-order valence-corrected chi connectivity index (χ2v) is 5.77. The number of likely N-dealkylation sites (tertiary alicyclic amines) is 1. The second-order valence-electron chi connectivity index (χ2n) is 5.77. The Morgan fingerprint density at radius 2 is 2.04 bits per heavy atom. The first kappa shape index (κ1) is 18.2. The third-order valence-corrected chi connectivity index (χ3v) is 4.11. The van der Waals surface area contributed by atoms with Crippen molar-refractivity contribution in [3.63, 3.8) is 0 Å². The van der Waals surface area contributed by atoms with Gasteiger partial charge in [0, 0.05) is 25.2 Å². The van der Waals surface area contributed by atoms with Crippen molar-refractivity contribution >= 4 is 11.9 Å². The number of aliphatic imine (C=N–C) groups is 1. The lowest BCUT2D eigenvalue weighted by Crippen LogP contribution is -2.46. The number of piperidine rings is 1. The van der Waals surface area contributed by atoms with Gasteiger partial charge in [0.2, 0.25) is 0 Å². The number of carbonyl (C=O) groups is 1. The van der Waals surface area contributed by atoms with Crippen molar-refractivity contribution in [3.05, 3.63) is 35.6 Å². The first-order valence-corrected chi connectivity index (χ1v) is 8.59. The van der Waals surface area contributed by atoms with Crippen LogP contribution in [-0.2, 0) is 16.1 Å². The number of hydrogen-bond donors (Lipinski definition) is 1. The summed E-state index contributed by atoms with van der Waals surface area (Å²) in [4.78, 5) is 18.5. The van der Waals surface area contributed by atoms with Gasteiger partial charge in [-0.05, 0) is 32.8 Å². The Morgan fingerprint density at radius 3 is 2.67 bits per heavy atom. The van der Waals surface area contributed by atoms with Crippen molar-refractivity contribution in [1.82, 2.24) is 10.2 Å². The number of carbonyl (C=O) groups excluding carboxylic acids is 1. The van der Waals surface area contributed by atoms with Crippen molar-refractivity contribution < 1.29 is 13.9 Å². The van der Waals surface area contributed by atoms with E-state index in [-0.39, 0.29) is 17.7 Å². The highest BCUT2D eigenvalue weighted by atomic mass is 19.1. The molecule has 5 nitrogen and oxygen atoms in total. The zero-order valence-corrected chi connectivity index (χ0v) is 14.4. The van der Waals surface area contributed by atoms with Crippen LogP contribution in [0.25, 0.3) is 0 Å². The van der Waals surface area contributed by atoms with Gasteiger partial charge in [0.05, 0.1) is 19.1 Å². The van der Waals surface area contributed by atoms with E-state index in [9.17, 15) is 9.18 Å².